The van der Waals surface area contributed by atoms with Crippen LogP contribution in [0.15, 0.2) is 42.5 Å². The molecule has 2 aromatic carbocycles. The monoisotopic (exact) mass is 487 g/mol. The lowest BCUT2D eigenvalue weighted by Gasteiger charge is -2.33. The Bertz CT molecular complexity index is 1000. The van der Waals surface area contributed by atoms with Crippen LogP contribution in [0.5, 0.6) is 0 Å². The van der Waals surface area contributed by atoms with E-state index >= 15 is 0 Å². The highest BCUT2D eigenvalue weighted by molar-refractivity contribution is 5.93. The number of hydrogen-bond donors (Lipinski definition) is 4. The summed E-state index contributed by atoms with van der Waals surface area (Å²) >= 11 is 0. The van der Waals surface area contributed by atoms with Crippen LogP contribution in [0, 0.1) is 11.3 Å². The smallest absolute Gasteiger partial charge is 0.273 e. The number of fused-ring (bicyclic) bond motifs is 1. The average Bonchev–Trinajstić information content (AvgIpc) is 2.83. The zero-order chi connectivity index (χ0) is 26.0. The fourth-order valence-electron chi connectivity index (χ4n) is 3.77. The minimum absolute atomic E-state index is 0.155. The van der Waals surface area contributed by atoms with E-state index in [1.165, 1.54) is 0 Å². The van der Waals surface area contributed by atoms with Crippen molar-refractivity contribution >= 4 is 28.5 Å². The second-order valence-corrected chi connectivity index (χ2v) is 9.47. The zero-order valence-corrected chi connectivity index (χ0v) is 21.1. The molecule has 35 heavy (non-hydrogen) atoms. The number of carbonyl (C=O) groups is 3. The molecule has 0 saturated heterocycles. The normalized spacial score (nSPS) is 14.1. The summed E-state index contributed by atoms with van der Waals surface area (Å²) in [5, 5.41) is 14.2. The quantitative estimate of drug-likeness (QED) is 0.269. The van der Waals surface area contributed by atoms with Gasteiger partial charge in [-0.05, 0) is 41.5 Å². The predicted molar refractivity (Wildman–Crippen MR) is 132 cm³/mol. The lowest BCUT2D eigenvalue weighted by Crippen LogP contribution is -2.57. The number of hydrogen-bond acceptors (Lipinski definition) is 6. The van der Waals surface area contributed by atoms with Crippen LogP contribution in [-0.2, 0) is 30.4 Å². The summed E-state index contributed by atoms with van der Waals surface area (Å²) in [6, 6.07) is 12.7. The highest BCUT2D eigenvalue weighted by Gasteiger charge is 2.39. The number of hydroxylamine groups is 2. The Hall–Kier alpha value is -3.01. The number of ether oxygens (including phenoxy) is 1. The molecule has 3 amide bonds. The van der Waals surface area contributed by atoms with Gasteiger partial charge in [-0.3, -0.25) is 24.4 Å². The van der Waals surface area contributed by atoms with Crippen molar-refractivity contribution in [2.45, 2.75) is 59.6 Å². The molecule has 0 fully saturated rings. The third-order valence-electron chi connectivity index (χ3n) is 5.57. The Kier molecular flexibility index (Phi) is 10.6. The van der Waals surface area contributed by atoms with Crippen molar-refractivity contribution in [2.24, 2.45) is 11.3 Å². The molecule has 2 aromatic rings. The van der Waals surface area contributed by atoms with Crippen LogP contribution in [0.2, 0.25) is 0 Å². The molecule has 0 heterocycles. The van der Waals surface area contributed by atoms with Crippen molar-refractivity contribution in [2.75, 3.05) is 13.2 Å². The number of rotatable bonds is 12. The van der Waals surface area contributed by atoms with Crippen molar-refractivity contribution in [1.29, 1.82) is 0 Å². The number of nitrogens with one attached hydrogen (secondary N) is 3. The number of benzene rings is 2. The Balaban J connectivity index is 2.42. The van der Waals surface area contributed by atoms with Crippen LogP contribution >= 0.6 is 0 Å². The standard InChI is InChI=1S/C26H37N3O6/c1-6-14-34-21(24(31)28-33)20(16-17-12-13-18-10-8-9-11-19(18)15-17)23(30)27-22(26(3,4)5)25(32)29-35-7-2/h8-13,15,20-22,33H,6-7,14,16H2,1-5H3,(H,27,30)(H,28,31)(H,29,32)/t20-,21+,22-/m1/s1. The Morgan fingerprint density at radius 1 is 0.971 bits per heavy atom. The number of amides is 3. The molecule has 4 N–H and O–H groups in total. The van der Waals surface area contributed by atoms with E-state index in [0.29, 0.717) is 6.42 Å². The molecule has 0 unspecified atom stereocenters. The van der Waals surface area contributed by atoms with Gasteiger partial charge in [-0.25, -0.2) is 11.0 Å². The molecule has 0 saturated carbocycles. The predicted octanol–water partition coefficient (Wildman–Crippen LogP) is 2.90. The first kappa shape index (κ1) is 28.2. The van der Waals surface area contributed by atoms with Crippen LogP contribution in [0.3, 0.4) is 0 Å². The van der Waals surface area contributed by atoms with Gasteiger partial charge in [0.25, 0.3) is 11.8 Å². The average molecular weight is 488 g/mol. The molecule has 0 bridgehead atoms. The molecule has 0 spiro atoms. The summed E-state index contributed by atoms with van der Waals surface area (Å²) in [7, 11) is 0. The SMILES string of the molecule is CCCO[C@H](C(=O)NO)[C@@H](Cc1ccc2ccccc2c1)C(=O)N[C@H](C(=O)NOCC)C(C)(C)C. The van der Waals surface area contributed by atoms with E-state index in [9.17, 15) is 19.6 Å². The summed E-state index contributed by atoms with van der Waals surface area (Å²) in [6.45, 7) is 9.53. The lowest BCUT2D eigenvalue weighted by atomic mass is 9.85. The van der Waals surface area contributed by atoms with Gasteiger partial charge in [0, 0.05) is 6.61 Å². The van der Waals surface area contributed by atoms with Gasteiger partial charge in [-0.2, -0.15) is 0 Å². The molecule has 192 valence electrons. The fourth-order valence-corrected chi connectivity index (χ4v) is 3.77. The molecule has 0 aromatic heterocycles. The van der Waals surface area contributed by atoms with E-state index in [1.54, 1.807) is 12.4 Å². The van der Waals surface area contributed by atoms with E-state index in [-0.39, 0.29) is 19.6 Å². The second kappa shape index (κ2) is 13.2. The molecule has 0 aliphatic carbocycles. The summed E-state index contributed by atoms with van der Waals surface area (Å²) < 4.78 is 5.72. The highest BCUT2D eigenvalue weighted by atomic mass is 16.6. The first-order valence-corrected chi connectivity index (χ1v) is 11.9. The fraction of sp³-hybridized carbons (Fsp3) is 0.500. The Labute approximate surface area is 206 Å². The van der Waals surface area contributed by atoms with Gasteiger partial charge in [0.2, 0.25) is 5.91 Å². The summed E-state index contributed by atoms with van der Waals surface area (Å²) in [5.41, 5.74) is 4.12. The Morgan fingerprint density at radius 2 is 1.66 bits per heavy atom. The minimum atomic E-state index is -1.26. The second-order valence-electron chi connectivity index (χ2n) is 9.47. The van der Waals surface area contributed by atoms with Crippen LogP contribution in [-0.4, -0.2) is 48.3 Å². The van der Waals surface area contributed by atoms with Crippen molar-refractivity contribution in [1.82, 2.24) is 16.3 Å². The van der Waals surface area contributed by atoms with Crippen molar-refractivity contribution < 1.29 is 29.2 Å². The van der Waals surface area contributed by atoms with Crippen molar-refractivity contribution in [3.05, 3.63) is 48.0 Å². The molecule has 3 atom stereocenters. The molecular formula is C26H37N3O6. The molecule has 0 aliphatic rings. The first-order valence-electron chi connectivity index (χ1n) is 11.9. The first-order chi connectivity index (χ1) is 16.6. The van der Waals surface area contributed by atoms with E-state index in [0.717, 1.165) is 16.3 Å². The highest BCUT2D eigenvalue weighted by Crippen LogP contribution is 2.24. The molecule has 0 aliphatic heterocycles. The molecule has 9 heteroatoms. The van der Waals surface area contributed by atoms with Crippen molar-refractivity contribution in [3.8, 4) is 0 Å². The molecular weight excluding hydrogens is 450 g/mol. The molecule has 0 radical (unpaired) electrons. The minimum Gasteiger partial charge on any atom is -0.367 e. The van der Waals surface area contributed by atoms with Crippen molar-refractivity contribution in [3.63, 3.8) is 0 Å². The van der Waals surface area contributed by atoms with Crippen LogP contribution in [0.25, 0.3) is 10.8 Å². The number of carbonyl (C=O) groups excluding carboxylic acids is 3. The molecule has 2 rings (SSSR count). The largest absolute Gasteiger partial charge is 0.367 e. The summed E-state index contributed by atoms with van der Waals surface area (Å²) in [6.07, 6.45) is -0.495. The Morgan fingerprint density at radius 3 is 2.26 bits per heavy atom. The van der Waals surface area contributed by atoms with Crippen LogP contribution in [0.1, 0.15) is 46.6 Å². The third-order valence-corrected chi connectivity index (χ3v) is 5.57. The van der Waals surface area contributed by atoms with Gasteiger partial charge in [0.15, 0.2) is 0 Å². The topological polar surface area (TPSA) is 126 Å². The van der Waals surface area contributed by atoms with E-state index in [4.69, 9.17) is 9.57 Å². The van der Waals surface area contributed by atoms with Gasteiger partial charge >= 0.3 is 0 Å². The van der Waals surface area contributed by atoms with Gasteiger partial charge in [0.1, 0.15) is 12.1 Å². The van der Waals surface area contributed by atoms with Gasteiger partial charge in [-0.1, -0.05) is 70.2 Å². The van der Waals surface area contributed by atoms with Gasteiger partial charge in [0.05, 0.1) is 12.5 Å². The molecule has 9 nitrogen and oxygen atoms in total. The van der Waals surface area contributed by atoms with E-state index in [1.807, 2.05) is 70.2 Å². The van der Waals surface area contributed by atoms with Gasteiger partial charge < -0.3 is 10.1 Å². The lowest BCUT2D eigenvalue weighted by molar-refractivity contribution is -0.152. The summed E-state index contributed by atoms with van der Waals surface area (Å²) in [4.78, 5) is 43.9. The van der Waals surface area contributed by atoms with Gasteiger partial charge in [-0.15, -0.1) is 0 Å². The zero-order valence-electron chi connectivity index (χ0n) is 21.1. The maximum absolute atomic E-state index is 13.6. The van der Waals surface area contributed by atoms with Crippen LogP contribution in [0.4, 0.5) is 0 Å². The van der Waals surface area contributed by atoms with E-state index in [2.05, 4.69) is 10.8 Å². The maximum atomic E-state index is 13.6. The maximum Gasteiger partial charge on any atom is 0.273 e. The summed E-state index contributed by atoms with van der Waals surface area (Å²) in [5.74, 6) is -2.89. The van der Waals surface area contributed by atoms with E-state index < -0.39 is 41.2 Å². The third kappa shape index (κ3) is 8.02. The van der Waals surface area contributed by atoms with Crippen LogP contribution < -0.4 is 16.3 Å².